The van der Waals surface area contributed by atoms with E-state index >= 15 is 0 Å². The molecule has 0 saturated heterocycles. The average Bonchev–Trinajstić information content (AvgIpc) is 3.05. The third kappa shape index (κ3) is 2.91. The summed E-state index contributed by atoms with van der Waals surface area (Å²) < 4.78 is 1.46. The Morgan fingerprint density at radius 2 is 2.00 bits per heavy atom. The van der Waals surface area contributed by atoms with Gasteiger partial charge in [0.25, 0.3) is 5.56 Å². The fourth-order valence-electron chi connectivity index (χ4n) is 3.06. The Morgan fingerprint density at radius 1 is 1.21 bits per heavy atom. The summed E-state index contributed by atoms with van der Waals surface area (Å²) >= 11 is 12.0. The van der Waals surface area contributed by atoms with Crippen molar-refractivity contribution in [3.63, 3.8) is 0 Å². The second kappa shape index (κ2) is 7.04. The lowest BCUT2D eigenvalue weighted by atomic mass is 10.1. The number of aromatic nitrogens is 2. The van der Waals surface area contributed by atoms with E-state index in [0.29, 0.717) is 48.8 Å². The Morgan fingerprint density at radius 3 is 2.75 bits per heavy atom. The molecule has 2 aromatic heterocycles. The van der Waals surface area contributed by atoms with Crippen molar-refractivity contribution in [3.05, 3.63) is 79.2 Å². The summed E-state index contributed by atoms with van der Waals surface area (Å²) in [5, 5.41) is 10.9. The van der Waals surface area contributed by atoms with Crippen LogP contribution in [-0.2, 0) is 0 Å². The highest BCUT2D eigenvalue weighted by molar-refractivity contribution is 6.36. The van der Waals surface area contributed by atoms with E-state index in [1.807, 2.05) is 18.2 Å². The van der Waals surface area contributed by atoms with Gasteiger partial charge in [-0.2, -0.15) is 5.26 Å². The highest BCUT2D eigenvalue weighted by Crippen LogP contribution is 2.24. The van der Waals surface area contributed by atoms with E-state index in [1.165, 1.54) is 10.6 Å². The maximum Gasteiger partial charge on any atom is 0.265 e. The first-order valence-electron chi connectivity index (χ1n) is 8.32. The summed E-state index contributed by atoms with van der Waals surface area (Å²) in [7, 11) is 0. The molecule has 0 amide bonds. The third-order valence-electron chi connectivity index (χ3n) is 4.46. The molecule has 0 bridgehead atoms. The van der Waals surface area contributed by atoms with Crippen molar-refractivity contribution >= 4 is 51.8 Å². The molecule has 0 aliphatic rings. The Balaban J connectivity index is 1.87. The van der Waals surface area contributed by atoms with Gasteiger partial charge in [-0.1, -0.05) is 35.3 Å². The minimum Gasteiger partial charge on any atom is -0.307 e. The first-order valence-corrected chi connectivity index (χ1v) is 9.07. The van der Waals surface area contributed by atoms with Gasteiger partial charge in [0.2, 0.25) is 0 Å². The SMILES string of the molecule is Cc1c(C#N)c2nc3ccccc3n2c(=O)c1=CNNc1ccc(Cl)cc1Cl. The minimum atomic E-state index is -0.267. The van der Waals surface area contributed by atoms with Crippen molar-refractivity contribution in [1.29, 1.82) is 5.26 Å². The van der Waals surface area contributed by atoms with Gasteiger partial charge in [-0.05, 0) is 42.8 Å². The first-order chi connectivity index (χ1) is 13.5. The normalized spacial score (nSPS) is 11.7. The topological polar surface area (TPSA) is 82.2 Å². The van der Waals surface area contributed by atoms with Gasteiger partial charge in [0.1, 0.15) is 6.07 Å². The molecule has 0 radical (unpaired) electrons. The van der Waals surface area contributed by atoms with Crippen molar-refractivity contribution in [2.45, 2.75) is 6.92 Å². The number of hydrogen-bond donors (Lipinski definition) is 2. The van der Waals surface area contributed by atoms with Gasteiger partial charge < -0.3 is 5.43 Å². The van der Waals surface area contributed by atoms with E-state index in [9.17, 15) is 10.1 Å². The molecule has 0 atom stereocenters. The van der Waals surface area contributed by atoms with Crippen molar-refractivity contribution in [1.82, 2.24) is 14.8 Å². The highest BCUT2D eigenvalue weighted by atomic mass is 35.5. The predicted octanol–water partition coefficient (Wildman–Crippen LogP) is 3.41. The Hall–Kier alpha value is -3.27. The van der Waals surface area contributed by atoms with E-state index < -0.39 is 0 Å². The van der Waals surface area contributed by atoms with Gasteiger partial charge in [-0.15, -0.1) is 0 Å². The zero-order valence-electron chi connectivity index (χ0n) is 14.6. The van der Waals surface area contributed by atoms with Gasteiger partial charge in [-0.25, -0.2) is 4.98 Å². The molecule has 0 spiro atoms. The number of rotatable bonds is 3. The van der Waals surface area contributed by atoms with Gasteiger partial charge in [0.15, 0.2) is 5.65 Å². The van der Waals surface area contributed by atoms with Gasteiger partial charge in [-0.3, -0.25) is 14.6 Å². The molecule has 0 fully saturated rings. The molecule has 138 valence electrons. The van der Waals surface area contributed by atoms with Crippen LogP contribution >= 0.6 is 23.2 Å². The van der Waals surface area contributed by atoms with E-state index in [4.69, 9.17) is 23.2 Å². The van der Waals surface area contributed by atoms with Crippen LogP contribution < -0.4 is 21.6 Å². The fraction of sp³-hybridized carbons (Fsp3) is 0.0500. The van der Waals surface area contributed by atoms with Gasteiger partial charge in [0.05, 0.1) is 32.5 Å². The summed E-state index contributed by atoms with van der Waals surface area (Å²) in [6, 6.07) is 14.5. The summed E-state index contributed by atoms with van der Waals surface area (Å²) in [5.74, 6) is 0. The number of pyridine rings is 1. The minimum absolute atomic E-state index is 0.267. The standard InChI is InChI=1S/C20H13Cl2N5O/c1-11-13(9-23)19-25-17-4-2-3-5-18(17)27(19)20(28)14(11)10-24-26-16-7-6-12(21)8-15(16)22/h2-8,10,24,26H,1H3. The molecule has 0 saturated carbocycles. The summed E-state index contributed by atoms with van der Waals surface area (Å²) in [4.78, 5) is 17.6. The molecular weight excluding hydrogens is 397 g/mol. The van der Waals surface area contributed by atoms with Crippen molar-refractivity contribution in [2.75, 3.05) is 5.43 Å². The second-order valence-corrected chi connectivity index (χ2v) is 6.97. The van der Waals surface area contributed by atoms with E-state index in [1.54, 1.807) is 31.2 Å². The lowest BCUT2D eigenvalue weighted by Crippen LogP contribution is -2.36. The number of halogens is 2. The van der Waals surface area contributed by atoms with Crippen LogP contribution in [0.15, 0.2) is 47.3 Å². The third-order valence-corrected chi connectivity index (χ3v) is 5.01. The molecule has 6 nitrogen and oxygen atoms in total. The summed E-state index contributed by atoms with van der Waals surface area (Å²) in [6.07, 6.45) is 1.51. The number of nitriles is 1. The number of para-hydroxylation sites is 2. The van der Waals surface area contributed by atoms with Crippen LogP contribution in [0.5, 0.6) is 0 Å². The number of imidazole rings is 1. The molecule has 2 heterocycles. The number of anilines is 1. The first kappa shape index (κ1) is 18.1. The molecule has 2 N–H and O–H groups in total. The Kier molecular flexibility index (Phi) is 4.55. The largest absolute Gasteiger partial charge is 0.307 e. The predicted molar refractivity (Wildman–Crippen MR) is 111 cm³/mol. The quantitative estimate of drug-likeness (QED) is 0.506. The van der Waals surface area contributed by atoms with E-state index in [2.05, 4.69) is 21.9 Å². The Labute approximate surface area is 169 Å². The average molecular weight is 410 g/mol. The smallest absolute Gasteiger partial charge is 0.265 e. The molecular formula is C20H13Cl2N5O. The zero-order valence-corrected chi connectivity index (χ0v) is 16.1. The zero-order chi connectivity index (χ0) is 19.8. The van der Waals surface area contributed by atoms with Crippen LogP contribution in [0, 0.1) is 18.3 Å². The molecule has 4 rings (SSSR count). The number of hydrazine groups is 1. The van der Waals surface area contributed by atoms with Gasteiger partial charge in [0, 0.05) is 11.2 Å². The second-order valence-electron chi connectivity index (χ2n) is 6.13. The fourth-order valence-corrected chi connectivity index (χ4v) is 3.52. The van der Waals surface area contributed by atoms with Crippen LogP contribution in [0.25, 0.3) is 22.9 Å². The molecule has 4 aromatic rings. The molecule has 0 aliphatic carbocycles. The van der Waals surface area contributed by atoms with Crippen LogP contribution in [0.1, 0.15) is 11.1 Å². The molecule has 0 unspecified atom stereocenters. The molecule has 8 heteroatoms. The lowest BCUT2D eigenvalue weighted by molar-refractivity contribution is 1.06. The number of nitrogens with one attached hydrogen (secondary N) is 2. The number of fused-ring (bicyclic) bond motifs is 3. The van der Waals surface area contributed by atoms with Crippen molar-refractivity contribution in [3.8, 4) is 6.07 Å². The Bertz CT molecular complexity index is 1390. The van der Waals surface area contributed by atoms with Crippen LogP contribution in [0.4, 0.5) is 5.69 Å². The number of benzene rings is 2. The number of nitrogens with zero attached hydrogens (tertiary/aromatic N) is 3. The van der Waals surface area contributed by atoms with Crippen molar-refractivity contribution < 1.29 is 0 Å². The summed E-state index contributed by atoms with van der Waals surface area (Å²) in [5.41, 5.74) is 8.69. The molecule has 28 heavy (non-hydrogen) atoms. The lowest BCUT2D eigenvalue weighted by Gasteiger charge is -2.08. The maximum atomic E-state index is 13.1. The monoisotopic (exact) mass is 409 g/mol. The molecule has 2 aromatic carbocycles. The van der Waals surface area contributed by atoms with Crippen LogP contribution in [0.2, 0.25) is 10.0 Å². The van der Waals surface area contributed by atoms with E-state index in [0.717, 1.165) is 0 Å². The number of hydrogen-bond acceptors (Lipinski definition) is 5. The van der Waals surface area contributed by atoms with Gasteiger partial charge >= 0.3 is 0 Å². The molecule has 0 aliphatic heterocycles. The maximum absolute atomic E-state index is 13.1. The van der Waals surface area contributed by atoms with Crippen LogP contribution in [0.3, 0.4) is 0 Å². The van der Waals surface area contributed by atoms with Crippen LogP contribution in [-0.4, -0.2) is 9.38 Å². The van der Waals surface area contributed by atoms with Crippen molar-refractivity contribution in [2.24, 2.45) is 0 Å². The highest BCUT2D eigenvalue weighted by Gasteiger charge is 2.15. The van der Waals surface area contributed by atoms with E-state index in [-0.39, 0.29) is 5.56 Å². The summed E-state index contributed by atoms with van der Waals surface area (Å²) in [6.45, 7) is 1.72.